The molecule has 0 aliphatic carbocycles. The Labute approximate surface area is 104 Å². The molecule has 2 rings (SSSR count). The quantitative estimate of drug-likeness (QED) is 0.853. The fraction of sp³-hybridized carbons (Fsp3) is 0.0769. The summed E-state index contributed by atoms with van der Waals surface area (Å²) in [5.74, 6) is -0.525. The van der Waals surface area contributed by atoms with Crippen molar-refractivity contribution in [1.82, 2.24) is 4.98 Å². The van der Waals surface area contributed by atoms with Crippen LogP contribution in [0.2, 0.25) is 0 Å². The number of aromatic nitrogens is 1. The number of hydrogen-bond donors (Lipinski definition) is 2. The number of nitrogens with one attached hydrogen (secondary N) is 1. The first kappa shape index (κ1) is 12.0. The molecule has 1 amide bonds. The Hall–Kier alpha value is -2.43. The highest BCUT2D eigenvalue weighted by Gasteiger charge is 2.10. The lowest BCUT2D eigenvalue weighted by molar-refractivity contribution is 0.102. The third-order valence-corrected chi connectivity index (χ3v) is 2.52. The maximum absolute atomic E-state index is 13.3. The highest BCUT2D eigenvalue weighted by Crippen LogP contribution is 2.18. The Morgan fingerprint density at radius 3 is 2.72 bits per heavy atom. The summed E-state index contributed by atoms with van der Waals surface area (Å²) < 4.78 is 13.3. The number of hydrogen-bond acceptors (Lipinski definition) is 3. The SMILES string of the molecule is Cc1c(F)cccc1NC(=O)c1cccc(N)n1. The van der Waals surface area contributed by atoms with Crippen molar-refractivity contribution < 1.29 is 9.18 Å². The second-order valence-electron chi connectivity index (χ2n) is 3.81. The molecule has 0 aliphatic heterocycles. The highest BCUT2D eigenvalue weighted by atomic mass is 19.1. The van der Waals surface area contributed by atoms with Gasteiger partial charge in [0, 0.05) is 11.3 Å². The van der Waals surface area contributed by atoms with E-state index < -0.39 is 5.91 Å². The van der Waals surface area contributed by atoms with Gasteiger partial charge >= 0.3 is 0 Å². The molecule has 0 bridgehead atoms. The van der Waals surface area contributed by atoms with Gasteiger partial charge in [0.25, 0.3) is 5.91 Å². The molecule has 2 aromatic rings. The zero-order valence-corrected chi connectivity index (χ0v) is 9.77. The Morgan fingerprint density at radius 2 is 2.00 bits per heavy atom. The second kappa shape index (κ2) is 4.83. The molecule has 0 spiro atoms. The number of halogens is 1. The van der Waals surface area contributed by atoms with Crippen LogP contribution in [0.5, 0.6) is 0 Å². The minimum Gasteiger partial charge on any atom is -0.384 e. The minimum atomic E-state index is -0.420. The summed E-state index contributed by atoms with van der Waals surface area (Å²) in [4.78, 5) is 15.8. The van der Waals surface area contributed by atoms with Crippen LogP contribution in [0.1, 0.15) is 16.1 Å². The molecule has 3 N–H and O–H groups in total. The molecule has 0 aliphatic rings. The van der Waals surface area contributed by atoms with Gasteiger partial charge in [-0.05, 0) is 31.2 Å². The van der Waals surface area contributed by atoms with E-state index >= 15 is 0 Å². The monoisotopic (exact) mass is 245 g/mol. The van der Waals surface area contributed by atoms with E-state index in [4.69, 9.17) is 5.73 Å². The third-order valence-electron chi connectivity index (χ3n) is 2.52. The molecular formula is C13H12FN3O. The van der Waals surface area contributed by atoms with Crippen LogP contribution in [0.4, 0.5) is 15.9 Å². The van der Waals surface area contributed by atoms with Crippen molar-refractivity contribution in [1.29, 1.82) is 0 Å². The van der Waals surface area contributed by atoms with Gasteiger partial charge in [0.1, 0.15) is 17.3 Å². The average molecular weight is 245 g/mol. The normalized spacial score (nSPS) is 10.1. The van der Waals surface area contributed by atoms with E-state index in [0.29, 0.717) is 11.3 Å². The van der Waals surface area contributed by atoms with Gasteiger partial charge in [0.05, 0.1) is 0 Å². The molecule has 0 saturated heterocycles. The van der Waals surface area contributed by atoms with Gasteiger partial charge in [-0.2, -0.15) is 0 Å². The lowest BCUT2D eigenvalue weighted by Gasteiger charge is -2.08. The first-order valence-corrected chi connectivity index (χ1v) is 5.37. The predicted octanol–water partition coefficient (Wildman–Crippen LogP) is 2.36. The van der Waals surface area contributed by atoms with Crippen LogP contribution in [0.25, 0.3) is 0 Å². The largest absolute Gasteiger partial charge is 0.384 e. The van der Waals surface area contributed by atoms with Crippen molar-refractivity contribution in [3.05, 3.63) is 53.5 Å². The zero-order chi connectivity index (χ0) is 13.1. The van der Waals surface area contributed by atoms with Crippen molar-refractivity contribution in [2.24, 2.45) is 0 Å². The lowest BCUT2D eigenvalue weighted by Crippen LogP contribution is -2.15. The standard InChI is InChI=1S/C13H12FN3O/c1-8-9(14)4-2-5-10(8)17-13(18)11-6-3-7-12(15)16-11/h2-7H,1H3,(H2,15,16)(H,17,18). The summed E-state index contributed by atoms with van der Waals surface area (Å²) >= 11 is 0. The molecule has 4 nitrogen and oxygen atoms in total. The number of benzene rings is 1. The fourth-order valence-corrected chi connectivity index (χ4v) is 1.51. The first-order chi connectivity index (χ1) is 8.58. The van der Waals surface area contributed by atoms with Crippen LogP contribution in [0.15, 0.2) is 36.4 Å². The molecule has 1 heterocycles. The molecule has 1 aromatic carbocycles. The summed E-state index contributed by atoms with van der Waals surface area (Å²) in [5.41, 5.74) is 6.49. The predicted molar refractivity (Wildman–Crippen MR) is 67.7 cm³/mol. The fourth-order valence-electron chi connectivity index (χ4n) is 1.51. The van der Waals surface area contributed by atoms with E-state index in [1.54, 1.807) is 31.2 Å². The Balaban J connectivity index is 2.24. The van der Waals surface area contributed by atoms with Gasteiger partial charge in [0.2, 0.25) is 0 Å². The molecule has 0 atom stereocenters. The molecule has 1 aromatic heterocycles. The van der Waals surface area contributed by atoms with Gasteiger partial charge < -0.3 is 11.1 Å². The summed E-state index contributed by atoms with van der Waals surface area (Å²) in [6, 6.07) is 9.26. The Kier molecular flexibility index (Phi) is 3.23. The van der Waals surface area contributed by atoms with Crippen molar-refractivity contribution >= 4 is 17.4 Å². The average Bonchev–Trinajstić information content (AvgIpc) is 2.35. The van der Waals surface area contributed by atoms with E-state index in [2.05, 4.69) is 10.3 Å². The minimum absolute atomic E-state index is 0.193. The van der Waals surface area contributed by atoms with Gasteiger partial charge in [-0.25, -0.2) is 9.37 Å². The van der Waals surface area contributed by atoms with E-state index in [1.807, 2.05) is 0 Å². The van der Waals surface area contributed by atoms with Crippen molar-refractivity contribution in [2.75, 3.05) is 11.1 Å². The highest BCUT2D eigenvalue weighted by molar-refractivity contribution is 6.03. The lowest BCUT2D eigenvalue weighted by atomic mass is 10.2. The molecular weight excluding hydrogens is 233 g/mol. The Morgan fingerprint density at radius 1 is 1.28 bits per heavy atom. The van der Waals surface area contributed by atoms with Gasteiger partial charge in [-0.3, -0.25) is 4.79 Å². The number of pyridine rings is 1. The van der Waals surface area contributed by atoms with Crippen LogP contribution in [0, 0.1) is 12.7 Å². The number of anilines is 2. The van der Waals surface area contributed by atoms with Crippen molar-refractivity contribution in [3.63, 3.8) is 0 Å². The molecule has 0 radical (unpaired) electrons. The number of nitrogens with zero attached hydrogens (tertiary/aromatic N) is 1. The maximum Gasteiger partial charge on any atom is 0.274 e. The summed E-state index contributed by atoms with van der Waals surface area (Å²) in [5, 5.41) is 2.60. The van der Waals surface area contributed by atoms with Crippen LogP contribution in [-0.2, 0) is 0 Å². The van der Waals surface area contributed by atoms with Gasteiger partial charge in [0.15, 0.2) is 0 Å². The smallest absolute Gasteiger partial charge is 0.274 e. The van der Waals surface area contributed by atoms with E-state index in [9.17, 15) is 9.18 Å². The number of rotatable bonds is 2. The summed E-state index contributed by atoms with van der Waals surface area (Å²) in [6.07, 6.45) is 0. The number of nitrogen functional groups attached to an aromatic ring is 1. The topological polar surface area (TPSA) is 68.0 Å². The maximum atomic E-state index is 13.3. The van der Waals surface area contributed by atoms with Crippen LogP contribution >= 0.6 is 0 Å². The van der Waals surface area contributed by atoms with Gasteiger partial charge in [-0.15, -0.1) is 0 Å². The molecule has 0 saturated carbocycles. The molecule has 0 unspecified atom stereocenters. The van der Waals surface area contributed by atoms with Gasteiger partial charge in [-0.1, -0.05) is 12.1 Å². The molecule has 92 valence electrons. The van der Waals surface area contributed by atoms with E-state index in [-0.39, 0.29) is 17.3 Å². The van der Waals surface area contributed by atoms with E-state index in [0.717, 1.165) is 0 Å². The summed E-state index contributed by atoms with van der Waals surface area (Å²) in [6.45, 7) is 1.59. The Bertz CT molecular complexity index is 599. The number of carbonyl (C=O) groups is 1. The molecule has 5 heteroatoms. The van der Waals surface area contributed by atoms with Crippen molar-refractivity contribution in [2.45, 2.75) is 6.92 Å². The molecule has 18 heavy (non-hydrogen) atoms. The first-order valence-electron chi connectivity index (χ1n) is 5.37. The number of carbonyl (C=O) groups excluding carboxylic acids is 1. The molecule has 0 fully saturated rings. The third kappa shape index (κ3) is 2.45. The van der Waals surface area contributed by atoms with Crippen LogP contribution in [-0.4, -0.2) is 10.9 Å². The number of nitrogens with two attached hydrogens (primary N) is 1. The zero-order valence-electron chi connectivity index (χ0n) is 9.77. The van der Waals surface area contributed by atoms with Crippen LogP contribution < -0.4 is 11.1 Å². The van der Waals surface area contributed by atoms with Crippen molar-refractivity contribution in [3.8, 4) is 0 Å². The summed E-state index contributed by atoms with van der Waals surface area (Å²) in [7, 11) is 0. The van der Waals surface area contributed by atoms with Crippen LogP contribution in [0.3, 0.4) is 0 Å². The second-order valence-corrected chi connectivity index (χ2v) is 3.81. The van der Waals surface area contributed by atoms with E-state index in [1.165, 1.54) is 12.1 Å². The number of amides is 1.